The number of nitrogens with one attached hydrogen (secondary N) is 1. The van der Waals surface area contributed by atoms with Gasteiger partial charge >= 0.3 is 0 Å². The lowest BCUT2D eigenvalue weighted by molar-refractivity contribution is -0.115. The van der Waals surface area contributed by atoms with Crippen LogP contribution in [-0.2, 0) is 11.2 Å². The van der Waals surface area contributed by atoms with Crippen LogP contribution in [0, 0.1) is 6.92 Å². The summed E-state index contributed by atoms with van der Waals surface area (Å²) in [6.45, 7) is 3.42. The van der Waals surface area contributed by atoms with Crippen molar-refractivity contribution in [2.75, 3.05) is 32.6 Å². The van der Waals surface area contributed by atoms with Crippen molar-refractivity contribution in [1.82, 2.24) is 4.90 Å². The fourth-order valence-corrected chi connectivity index (χ4v) is 3.48. The van der Waals surface area contributed by atoms with Crippen molar-refractivity contribution in [3.05, 3.63) is 53.1 Å². The summed E-state index contributed by atoms with van der Waals surface area (Å²) >= 11 is 0. The molecule has 148 valence electrons. The minimum Gasteiger partial charge on any atom is -0.497 e. The first-order valence-electron chi connectivity index (χ1n) is 9.43. The second kappa shape index (κ2) is 8.78. The van der Waals surface area contributed by atoms with Crippen LogP contribution in [0.3, 0.4) is 0 Å². The van der Waals surface area contributed by atoms with Gasteiger partial charge in [0.15, 0.2) is 0 Å². The average molecular weight is 382 g/mol. The summed E-state index contributed by atoms with van der Waals surface area (Å²) in [7, 11) is 3.15. The highest BCUT2D eigenvalue weighted by atomic mass is 16.5. The van der Waals surface area contributed by atoms with Crippen LogP contribution >= 0.6 is 0 Å². The van der Waals surface area contributed by atoms with Gasteiger partial charge in [0.1, 0.15) is 11.5 Å². The van der Waals surface area contributed by atoms with Crippen LogP contribution in [0.5, 0.6) is 11.5 Å². The minimum atomic E-state index is -0.212. The first kappa shape index (κ1) is 19.7. The van der Waals surface area contributed by atoms with E-state index in [1.165, 1.54) is 0 Å². The lowest BCUT2D eigenvalue weighted by atomic mass is 10.1. The number of amides is 2. The number of anilines is 1. The van der Waals surface area contributed by atoms with Gasteiger partial charge in [0.2, 0.25) is 5.91 Å². The molecule has 0 aromatic heterocycles. The zero-order valence-electron chi connectivity index (χ0n) is 16.6. The molecule has 1 saturated heterocycles. The van der Waals surface area contributed by atoms with Gasteiger partial charge in [0, 0.05) is 18.7 Å². The third-order valence-electron chi connectivity index (χ3n) is 5.00. The van der Waals surface area contributed by atoms with E-state index in [0.717, 1.165) is 37.1 Å². The van der Waals surface area contributed by atoms with Gasteiger partial charge in [-0.25, -0.2) is 0 Å². The maximum atomic E-state index is 12.9. The number of likely N-dealkylation sites (tertiary alicyclic amines) is 1. The van der Waals surface area contributed by atoms with Crippen molar-refractivity contribution in [1.29, 1.82) is 0 Å². The maximum Gasteiger partial charge on any atom is 0.255 e. The Balaban J connectivity index is 1.82. The first-order valence-corrected chi connectivity index (χ1v) is 9.43. The van der Waals surface area contributed by atoms with E-state index in [-0.39, 0.29) is 18.2 Å². The lowest BCUT2D eigenvalue weighted by Crippen LogP contribution is -2.29. The van der Waals surface area contributed by atoms with E-state index in [2.05, 4.69) is 5.32 Å². The summed E-state index contributed by atoms with van der Waals surface area (Å²) < 4.78 is 10.6. The molecule has 1 heterocycles. The largest absolute Gasteiger partial charge is 0.497 e. The van der Waals surface area contributed by atoms with Crippen LogP contribution in [0.25, 0.3) is 0 Å². The number of methoxy groups -OCH3 is 2. The summed E-state index contributed by atoms with van der Waals surface area (Å²) in [6.07, 6.45) is 2.16. The normalized spacial score (nSPS) is 13.3. The summed E-state index contributed by atoms with van der Waals surface area (Å²) in [5.74, 6) is 1.03. The van der Waals surface area contributed by atoms with Crippen LogP contribution in [0.1, 0.15) is 34.3 Å². The molecule has 2 aromatic carbocycles. The van der Waals surface area contributed by atoms with E-state index >= 15 is 0 Å². The number of hydrogen-bond acceptors (Lipinski definition) is 4. The maximum absolute atomic E-state index is 12.9. The van der Waals surface area contributed by atoms with Crippen molar-refractivity contribution in [2.24, 2.45) is 0 Å². The molecule has 0 aliphatic carbocycles. The van der Waals surface area contributed by atoms with Gasteiger partial charge in [0.25, 0.3) is 5.91 Å². The quantitative estimate of drug-likeness (QED) is 0.831. The Kier molecular flexibility index (Phi) is 6.19. The second-order valence-electron chi connectivity index (χ2n) is 6.90. The molecule has 1 aliphatic heterocycles. The molecular weight excluding hydrogens is 356 g/mol. The molecule has 3 rings (SSSR count). The number of ether oxygens (including phenoxy) is 2. The second-order valence-corrected chi connectivity index (χ2v) is 6.90. The highest BCUT2D eigenvalue weighted by Gasteiger charge is 2.23. The molecule has 6 heteroatoms. The number of rotatable bonds is 6. The van der Waals surface area contributed by atoms with Gasteiger partial charge in [-0.2, -0.15) is 0 Å². The molecule has 0 bridgehead atoms. The zero-order valence-corrected chi connectivity index (χ0v) is 16.6. The van der Waals surface area contributed by atoms with Crippen LogP contribution in [0.2, 0.25) is 0 Å². The molecule has 28 heavy (non-hydrogen) atoms. The summed E-state index contributed by atoms with van der Waals surface area (Å²) in [4.78, 5) is 27.5. The van der Waals surface area contributed by atoms with E-state index in [9.17, 15) is 9.59 Å². The molecule has 0 unspecified atom stereocenters. The number of nitrogens with zero attached hydrogens (tertiary/aromatic N) is 1. The van der Waals surface area contributed by atoms with Gasteiger partial charge in [-0.3, -0.25) is 9.59 Å². The van der Waals surface area contributed by atoms with Gasteiger partial charge in [0.05, 0.1) is 31.9 Å². The molecule has 0 saturated carbocycles. The van der Waals surface area contributed by atoms with Crippen LogP contribution in [0.4, 0.5) is 5.69 Å². The monoisotopic (exact) mass is 382 g/mol. The van der Waals surface area contributed by atoms with E-state index in [1.54, 1.807) is 38.5 Å². The molecule has 2 amide bonds. The van der Waals surface area contributed by atoms with Crippen LogP contribution in [-0.4, -0.2) is 44.0 Å². The van der Waals surface area contributed by atoms with Crippen LogP contribution < -0.4 is 14.8 Å². The van der Waals surface area contributed by atoms with E-state index < -0.39 is 0 Å². The molecule has 0 atom stereocenters. The Hall–Kier alpha value is -3.02. The Morgan fingerprint density at radius 2 is 1.82 bits per heavy atom. The first-order chi connectivity index (χ1) is 13.5. The molecule has 1 aliphatic rings. The van der Waals surface area contributed by atoms with E-state index in [0.29, 0.717) is 22.7 Å². The molecule has 2 aromatic rings. The number of carbonyl (C=O) groups is 2. The average Bonchev–Trinajstić information content (AvgIpc) is 3.23. The van der Waals surface area contributed by atoms with E-state index in [1.807, 2.05) is 24.0 Å². The summed E-state index contributed by atoms with van der Waals surface area (Å²) in [5, 5.41) is 2.94. The highest BCUT2D eigenvalue weighted by Crippen LogP contribution is 2.27. The standard InChI is InChI=1S/C22H26N2O4/c1-15-7-6-8-18(22(26)24-11-4-5-12-24)21(15)23-20(25)14-16-13-17(27-2)9-10-19(16)28-3/h6-10,13H,4-5,11-12,14H2,1-3H3,(H,23,25). The Morgan fingerprint density at radius 1 is 1.07 bits per heavy atom. The van der Waals surface area contributed by atoms with Crippen molar-refractivity contribution < 1.29 is 19.1 Å². The zero-order chi connectivity index (χ0) is 20.1. The van der Waals surface area contributed by atoms with Gasteiger partial charge in [-0.15, -0.1) is 0 Å². The number of hydrogen-bond donors (Lipinski definition) is 1. The van der Waals surface area contributed by atoms with Crippen molar-refractivity contribution in [3.63, 3.8) is 0 Å². The molecule has 1 fully saturated rings. The van der Waals surface area contributed by atoms with Crippen molar-refractivity contribution in [3.8, 4) is 11.5 Å². The van der Waals surface area contributed by atoms with Crippen molar-refractivity contribution in [2.45, 2.75) is 26.2 Å². The molecule has 0 radical (unpaired) electrons. The fraction of sp³-hybridized carbons (Fsp3) is 0.364. The van der Waals surface area contributed by atoms with Gasteiger partial charge in [-0.05, 0) is 49.6 Å². The minimum absolute atomic E-state index is 0.0320. The van der Waals surface area contributed by atoms with Gasteiger partial charge < -0.3 is 19.7 Å². The molecule has 0 spiro atoms. The Morgan fingerprint density at radius 3 is 2.50 bits per heavy atom. The Labute approximate surface area is 165 Å². The van der Waals surface area contributed by atoms with Crippen LogP contribution in [0.15, 0.2) is 36.4 Å². The highest BCUT2D eigenvalue weighted by molar-refractivity contribution is 6.05. The topological polar surface area (TPSA) is 67.9 Å². The van der Waals surface area contributed by atoms with Gasteiger partial charge in [-0.1, -0.05) is 12.1 Å². The number of benzene rings is 2. The fourth-order valence-electron chi connectivity index (χ4n) is 3.48. The predicted octanol–water partition coefficient (Wildman–Crippen LogP) is 3.43. The number of aryl methyl sites for hydroxylation is 1. The third kappa shape index (κ3) is 4.27. The summed E-state index contributed by atoms with van der Waals surface area (Å²) in [6, 6.07) is 10.9. The van der Waals surface area contributed by atoms with Crippen molar-refractivity contribution >= 4 is 17.5 Å². The van der Waals surface area contributed by atoms with E-state index in [4.69, 9.17) is 9.47 Å². The lowest BCUT2D eigenvalue weighted by Gasteiger charge is -2.19. The smallest absolute Gasteiger partial charge is 0.255 e. The number of carbonyl (C=O) groups excluding carboxylic acids is 2. The molecular formula is C22H26N2O4. The Bertz CT molecular complexity index is 873. The molecule has 6 nitrogen and oxygen atoms in total. The third-order valence-corrected chi connectivity index (χ3v) is 5.00. The predicted molar refractivity (Wildman–Crippen MR) is 108 cm³/mol. The SMILES string of the molecule is COc1ccc(OC)c(CC(=O)Nc2c(C)cccc2C(=O)N2CCCC2)c1. The molecule has 1 N–H and O–H groups in total. The number of para-hydroxylation sites is 1. The summed E-state index contributed by atoms with van der Waals surface area (Å²) in [5.41, 5.74) is 2.69.